The number of ether oxygens (including phenoxy) is 4. The number of hydrogen-bond donors (Lipinski definition) is 0. The van der Waals surface area contributed by atoms with E-state index in [1.807, 2.05) is 0 Å². The van der Waals surface area contributed by atoms with Crippen LogP contribution in [0, 0.1) is 0 Å². The number of nitrogens with zero attached hydrogens (tertiary/aromatic N) is 1. The van der Waals surface area contributed by atoms with Gasteiger partial charge in [-0.25, -0.2) is 0 Å². The maximum Gasteiger partial charge on any atom is 0.231 e. The molecular weight excluding hydrogens is 330 g/mol. The molecule has 26 heavy (non-hydrogen) atoms. The summed E-state index contributed by atoms with van der Waals surface area (Å²) in [6.07, 6.45) is 2.05. The molecule has 0 amide bonds. The van der Waals surface area contributed by atoms with Gasteiger partial charge in [0, 0.05) is 18.4 Å². The lowest BCUT2D eigenvalue weighted by atomic mass is 9.81. The van der Waals surface area contributed by atoms with Crippen molar-refractivity contribution in [2.45, 2.75) is 25.4 Å². The molecule has 2 unspecified atom stereocenters. The third-order valence-corrected chi connectivity index (χ3v) is 6.32. The standard InChI is InChI=1S/C21H24NO4/c1-22-7-6-14-9-19(23-2)20(24-3)10-15(14)17(22)8-13-4-5-18-21(16(13)11-22)26-12-25-18/h4-5,9-10,17H,6-8,11-12H2,1-3H3/q+1. The molecule has 0 aliphatic carbocycles. The second kappa shape index (κ2) is 5.55. The first-order valence-electron chi connectivity index (χ1n) is 9.12. The fourth-order valence-corrected chi connectivity index (χ4v) is 4.86. The lowest BCUT2D eigenvalue weighted by Crippen LogP contribution is -2.53. The predicted octanol–water partition coefficient (Wildman–Crippen LogP) is 3.23. The third-order valence-electron chi connectivity index (χ3n) is 6.32. The Morgan fingerprint density at radius 1 is 1.04 bits per heavy atom. The summed E-state index contributed by atoms with van der Waals surface area (Å²) < 4.78 is 23.5. The van der Waals surface area contributed by atoms with Crippen LogP contribution in [0.1, 0.15) is 28.3 Å². The number of quaternary nitrogens is 1. The van der Waals surface area contributed by atoms with Crippen molar-refractivity contribution in [3.05, 3.63) is 46.5 Å². The Balaban J connectivity index is 1.62. The van der Waals surface area contributed by atoms with Crippen molar-refractivity contribution < 1.29 is 23.4 Å². The monoisotopic (exact) mass is 354 g/mol. The van der Waals surface area contributed by atoms with Crippen LogP contribution in [-0.4, -0.2) is 39.1 Å². The van der Waals surface area contributed by atoms with Crippen LogP contribution in [0.2, 0.25) is 0 Å². The van der Waals surface area contributed by atoms with Gasteiger partial charge in [0.15, 0.2) is 23.0 Å². The molecule has 0 spiro atoms. The third kappa shape index (κ3) is 2.13. The Hall–Kier alpha value is -2.40. The summed E-state index contributed by atoms with van der Waals surface area (Å²) in [6.45, 7) is 2.41. The van der Waals surface area contributed by atoms with E-state index in [4.69, 9.17) is 18.9 Å². The molecule has 2 aromatic carbocycles. The number of methoxy groups -OCH3 is 2. The Kier molecular flexibility index (Phi) is 3.38. The van der Waals surface area contributed by atoms with Gasteiger partial charge in [-0.1, -0.05) is 6.07 Å². The van der Waals surface area contributed by atoms with Gasteiger partial charge in [-0.05, 0) is 29.3 Å². The average Bonchev–Trinajstić information content (AvgIpc) is 3.14. The van der Waals surface area contributed by atoms with E-state index in [1.54, 1.807) is 14.2 Å². The molecule has 0 saturated heterocycles. The lowest BCUT2D eigenvalue weighted by Gasteiger charge is -2.49. The smallest absolute Gasteiger partial charge is 0.231 e. The average molecular weight is 354 g/mol. The number of likely N-dealkylation sites (N-methyl/N-ethyl adjacent to an activating group) is 1. The molecule has 0 aromatic heterocycles. The minimum Gasteiger partial charge on any atom is -0.493 e. The van der Waals surface area contributed by atoms with Crippen LogP contribution in [-0.2, 0) is 19.4 Å². The van der Waals surface area contributed by atoms with Gasteiger partial charge in [0.1, 0.15) is 12.6 Å². The van der Waals surface area contributed by atoms with E-state index in [1.165, 1.54) is 22.3 Å². The van der Waals surface area contributed by atoms with Gasteiger partial charge < -0.3 is 23.4 Å². The quantitative estimate of drug-likeness (QED) is 0.776. The zero-order chi connectivity index (χ0) is 17.9. The molecule has 3 heterocycles. The zero-order valence-corrected chi connectivity index (χ0v) is 15.5. The molecule has 136 valence electrons. The second-order valence-electron chi connectivity index (χ2n) is 7.67. The fraction of sp³-hybridized carbons (Fsp3) is 0.429. The molecule has 0 radical (unpaired) electrons. The number of fused-ring (bicyclic) bond motifs is 6. The number of rotatable bonds is 2. The van der Waals surface area contributed by atoms with Crippen molar-refractivity contribution in [2.75, 3.05) is 34.6 Å². The molecule has 2 atom stereocenters. The minimum atomic E-state index is 0.332. The van der Waals surface area contributed by atoms with Gasteiger partial charge in [0.25, 0.3) is 0 Å². The van der Waals surface area contributed by atoms with E-state index in [-0.39, 0.29) is 0 Å². The molecular formula is C21H24NO4+. The van der Waals surface area contributed by atoms with Crippen LogP contribution in [0.25, 0.3) is 0 Å². The molecule has 5 rings (SSSR count). The number of benzene rings is 2. The van der Waals surface area contributed by atoms with Gasteiger partial charge in [-0.15, -0.1) is 0 Å². The first-order chi connectivity index (χ1) is 12.6. The van der Waals surface area contributed by atoms with Crippen molar-refractivity contribution in [3.8, 4) is 23.0 Å². The SMILES string of the molecule is COc1cc2c(cc1OC)C1Cc3ccc4c(c3C[N+]1(C)CC2)OCO4. The Labute approximate surface area is 153 Å². The van der Waals surface area contributed by atoms with E-state index >= 15 is 0 Å². The zero-order valence-electron chi connectivity index (χ0n) is 15.5. The number of hydrogen-bond acceptors (Lipinski definition) is 4. The first-order valence-corrected chi connectivity index (χ1v) is 9.12. The fourth-order valence-electron chi connectivity index (χ4n) is 4.86. The molecule has 0 fully saturated rings. The van der Waals surface area contributed by atoms with Crippen LogP contribution < -0.4 is 18.9 Å². The van der Waals surface area contributed by atoms with Gasteiger partial charge in [-0.3, -0.25) is 0 Å². The summed E-state index contributed by atoms with van der Waals surface area (Å²) in [5.41, 5.74) is 5.47. The molecule has 5 nitrogen and oxygen atoms in total. The summed E-state index contributed by atoms with van der Waals surface area (Å²) in [7, 11) is 5.77. The van der Waals surface area contributed by atoms with Crippen LogP contribution in [0.5, 0.6) is 23.0 Å². The maximum atomic E-state index is 5.79. The molecule has 3 aliphatic rings. The van der Waals surface area contributed by atoms with Crippen molar-refractivity contribution in [2.24, 2.45) is 0 Å². The molecule has 2 aromatic rings. The van der Waals surface area contributed by atoms with Crippen molar-refractivity contribution >= 4 is 0 Å². The van der Waals surface area contributed by atoms with E-state index < -0.39 is 0 Å². The van der Waals surface area contributed by atoms with Crippen molar-refractivity contribution in [3.63, 3.8) is 0 Å². The van der Waals surface area contributed by atoms with Crippen LogP contribution >= 0.6 is 0 Å². The molecule has 3 aliphatic heterocycles. The highest BCUT2D eigenvalue weighted by Gasteiger charge is 2.45. The summed E-state index contributed by atoms with van der Waals surface area (Å²) in [6, 6.07) is 9.03. The molecule has 0 bridgehead atoms. The summed E-state index contributed by atoms with van der Waals surface area (Å²) in [5.74, 6) is 3.48. The molecule has 5 heteroatoms. The summed E-state index contributed by atoms with van der Waals surface area (Å²) >= 11 is 0. The minimum absolute atomic E-state index is 0.332. The van der Waals surface area contributed by atoms with Gasteiger partial charge in [0.05, 0.1) is 33.4 Å². The van der Waals surface area contributed by atoms with Gasteiger partial charge >= 0.3 is 0 Å². The normalized spacial score (nSPS) is 25.1. The first kappa shape index (κ1) is 15.8. The van der Waals surface area contributed by atoms with E-state index in [0.29, 0.717) is 12.8 Å². The predicted molar refractivity (Wildman–Crippen MR) is 97.0 cm³/mol. The highest BCUT2D eigenvalue weighted by molar-refractivity contribution is 5.54. The lowest BCUT2D eigenvalue weighted by molar-refractivity contribution is -0.956. The van der Waals surface area contributed by atoms with Crippen LogP contribution in [0.4, 0.5) is 0 Å². The topological polar surface area (TPSA) is 36.9 Å². The molecule has 0 N–H and O–H groups in total. The van der Waals surface area contributed by atoms with E-state index in [0.717, 1.165) is 53.4 Å². The highest BCUT2D eigenvalue weighted by Crippen LogP contribution is 2.49. The van der Waals surface area contributed by atoms with Gasteiger partial charge in [-0.2, -0.15) is 0 Å². The highest BCUT2D eigenvalue weighted by atomic mass is 16.7. The Morgan fingerprint density at radius 2 is 1.85 bits per heavy atom. The summed E-state index contributed by atoms with van der Waals surface area (Å²) in [4.78, 5) is 0. The Morgan fingerprint density at radius 3 is 2.65 bits per heavy atom. The summed E-state index contributed by atoms with van der Waals surface area (Å²) in [5, 5.41) is 0. The second-order valence-corrected chi connectivity index (χ2v) is 7.67. The van der Waals surface area contributed by atoms with Crippen LogP contribution in [0.3, 0.4) is 0 Å². The maximum absolute atomic E-state index is 5.79. The van der Waals surface area contributed by atoms with Crippen molar-refractivity contribution in [1.29, 1.82) is 0 Å². The van der Waals surface area contributed by atoms with Gasteiger partial charge in [0.2, 0.25) is 6.79 Å². The molecule has 0 saturated carbocycles. The largest absolute Gasteiger partial charge is 0.493 e. The van der Waals surface area contributed by atoms with Crippen LogP contribution in [0.15, 0.2) is 24.3 Å². The van der Waals surface area contributed by atoms with Crippen molar-refractivity contribution in [1.82, 2.24) is 0 Å². The Bertz CT molecular complexity index is 894. The van der Waals surface area contributed by atoms with E-state index in [2.05, 4.69) is 31.3 Å². The van der Waals surface area contributed by atoms with E-state index in [9.17, 15) is 0 Å².